The van der Waals surface area contributed by atoms with Crippen molar-refractivity contribution in [3.8, 4) is 0 Å². The molecule has 2 rings (SSSR count). The molecule has 0 bridgehead atoms. The lowest BCUT2D eigenvalue weighted by molar-refractivity contribution is -0.117. The molecule has 0 saturated heterocycles. The van der Waals surface area contributed by atoms with E-state index < -0.39 is 6.04 Å². The fourth-order valence-corrected chi connectivity index (χ4v) is 2.66. The summed E-state index contributed by atoms with van der Waals surface area (Å²) in [4.78, 5) is 14.6. The lowest BCUT2D eigenvalue weighted by Gasteiger charge is -2.06. The van der Waals surface area contributed by atoms with Crippen LogP contribution in [0.3, 0.4) is 0 Å². The number of amides is 1. The molecule has 1 atom stereocenters. The average Bonchev–Trinajstić information content (AvgIpc) is 2.45. The highest BCUT2D eigenvalue weighted by Crippen LogP contribution is 2.31. The Balaban J connectivity index is 2.44. The summed E-state index contributed by atoms with van der Waals surface area (Å²) in [6.07, 6.45) is 1.29. The molecule has 2 heterocycles. The summed E-state index contributed by atoms with van der Waals surface area (Å²) in [5.74, 6) is -0.216. The Morgan fingerprint density at radius 2 is 2.35 bits per heavy atom. The third-order valence-electron chi connectivity index (χ3n) is 3.07. The molecule has 0 radical (unpaired) electrons. The number of carbonyl (C=O) groups excluding carboxylic acids is 1. The molecule has 90 valence electrons. The summed E-state index contributed by atoms with van der Waals surface area (Å²) >= 11 is 2.26. The summed E-state index contributed by atoms with van der Waals surface area (Å²) in [5.41, 5.74) is 11.5. The van der Waals surface area contributed by atoms with Gasteiger partial charge in [0.15, 0.2) is 0 Å². The average molecular weight is 345 g/mol. The van der Waals surface area contributed by atoms with Crippen LogP contribution in [0.1, 0.15) is 17.7 Å². The number of azide groups is 1. The van der Waals surface area contributed by atoms with E-state index in [0.717, 1.165) is 27.1 Å². The minimum atomic E-state index is -0.607. The fraction of sp³-hybridized carbons (Fsp3) is 0.500. The standard InChI is InChI=1S/C10H12IN5O/c1-5-8-7(16(2)9(5)11)4-3-6(14-15-12)10(17)13-8/h6H,3-4H2,1-2H3,(H,13,17). The quantitative estimate of drug-likeness (QED) is 0.361. The van der Waals surface area contributed by atoms with Gasteiger partial charge in [-0.05, 0) is 47.9 Å². The van der Waals surface area contributed by atoms with E-state index in [0.29, 0.717) is 6.42 Å². The summed E-state index contributed by atoms with van der Waals surface area (Å²) in [6, 6.07) is -0.607. The first-order valence-electron chi connectivity index (χ1n) is 5.25. The van der Waals surface area contributed by atoms with Crippen molar-refractivity contribution in [1.29, 1.82) is 0 Å². The highest BCUT2D eigenvalue weighted by atomic mass is 127. The Labute approximate surface area is 112 Å². The number of rotatable bonds is 1. The second-order valence-corrected chi connectivity index (χ2v) is 5.07. The molecule has 0 fully saturated rings. The molecule has 1 N–H and O–H groups in total. The zero-order valence-electron chi connectivity index (χ0n) is 9.57. The van der Waals surface area contributed by atoms with Gasteiger partial charge in [0, 0.05) is 23.2 Å². The first kappa shape index (κ1) is 12.3. The van der Waals surface area contributed by atoms with E-state index in [1.165, 1.54) is 0 Å². The summed E-state index contributed by atoms with van der Waals surface area (Å²) in [7, 11) is 1.98. The highest BCUT2D eigenvalue weighted by molar-refractivity contribution is 14.1. The predicted octanol–water partition coefficient (Wildman–Crippen LogP) is 2.50. The number of hydrogen-bond donors (Lipinski definition) is 1. The van der Waals surface area contributed by atoms with Gasteiger partial charge in [-0.1, -0.05) is 5.11 Å². The number of aromatic nitrogens is 1. The Bertz CT molecular complexity index is 529. The molecule has 0 saturated carbocycles. The number of fused-ring (bicyclic) bond motifs is 1. The zero-order valence-corrected chi connectivity index (χ0v) is 11.7. The lowest BCUT2D eigenvalue weighted by atomic mass is 10.1. The van der Waals surface area contributed by atoms with Crippen molar-refractivity contribution in [3.05, 3.63) is 25.4 Å². The van der Waals surface area contributed by atoms with Crippen LogP contribution < -0.4 is 5.32 Å². The third-order valence-corrected chi connectivity index (χ3v) is 4.60. The molecule has 17 heavy (non-hydrogen) atoms. The van der Waals surface area contributed by atoms with Gasteiger partial charge in [-0.25, -0.2) is 0 Å². The number of nitrogens with zero attached hydrogens (tertiary/aromatic N) is 4. The van der Waals surface area contributed by atoms with Gasteiger partial charge < -0.3 is 9.88 Å². The first-order chi connectivity index (χ1) is 8.06. The van der Waals surface area contributed by atoms with Crippen molar-refractivity contribution in [2.75, 3.05) is 5.32 Å². The number of carbonyl (C=O) groups is 1. The van der Waals surface area contributed by atoms with Crippen molar-refractivity contribution in [3.63, 3.8) is 0 Å². The molecule has 0 aromatic carbocycles. The van der Waals surface area contributed by atoms with Crippen molar-refractivity contribution < 1.29 is 4.79 Å². The van der Waals surface area contributed by atoms with Crippen LogP contribution >= 0.6 is 22.6 Å². The van der Waals surface area contributed by atoms with Gasteiger partial charge in [0.25, 0.3) is 0 Å². The van der Waals surface area contributed by atoms with Crippen LogP contribution in [-0.2, 0) is 18.3 Å². The van der Waals surface area contributed by atoms with Crippen molar-refractivity contribution in [1.82, 2.24) is 4.57 Å². The SMILES string of the molecule is Cc1c2c(n(C)c1I)CCC(N=[N+]=[N-])C(=O)N2. The highest BCUT2D eigenvalue weighted by Gasteiger charge is 2.27. The monoisotopic (exact) mass is 345 g/mol. The van der Waals surface area contributed by atoms with Gasteiger partial charge in [0.05, 0.1) is 9.39 Å². The van der Waals surface area contributed by atoms with Crippen molar-refractivity contribution in [2.24, 2.45) is 12.2 Å². The number of nitrogens with one attached hydrogen (secondary N) is 1. The first-order valence-corrected chi connectivity index (χ1v) is 6.32. The normalized spacial score (nSPS) is 19.0. The minimum absolute atomic E-state index is 0.216. The second kappa shape index (κ2) is 4.58. The molecule has 0 aliphatic carbocycles. The maximum Gasteiger partial charge on any atom is 0.233 e. The fourth-order valence-electron chi connectivity index (χ4n) is 2.10. The molecule has 6 nitrogen and oxygen atoms in total. The summed E-state index contributed by atoms with van der Waals surface area (Å²) < 4.78 is 3.19. The Hall–Kier alpha value is -1.21. The van der Waals surface area contributed by atoms with Crippen LogP contribution in [-0.4, -0.2) is 16.5 Å². The molecule has 1 aliphatic heterocycles. The maximum absolute atomic E-state index is 11.9. The molecular formula is C10H12IN5O. The van der Waals surface area contributed by atoms with Crippen LogP contribution in [0.25, 0.3) is 10.4 Å². The number of anilines is 1. The Kier molecular flexibility index (Phi) is 3.30. The summed E-state index contributed by atoms with van der Waals surface area (Å²) in [6.45, 7) is 1.98. The molecule has 1 amide bonds. The molecule has 1 unspecified atom stereocenters. The molecular weight excluding hydrogens is 333 g/mol. The van der Waals surface area contributed by atoms with E-state index >= 15 is 0 Å². The molecule has 7 heteroatoms. The van der Waals surface area contributed by atoms with E-state index in [4.69, 9.17) is 5.53 Å². The minimum Gasteiger partial charge on any atom is -0.341 e. The van der Waals surface area contributed by atoms with Gasteiger partial charge in [-0.3, -0.25) is 4.79 Å². The topological polar surface area (TPSA) is 82.8 Å². The van der Waals surface area contributed by atoms with Crippen molar-refractivity contribution in [2.45, 2.75) is 25.8 Å². The van der Waals surface area contributed by atoms with E-state index in [2.05, 4.69) is 42.5 Å². The molecule has 0 spiro atoms. The van der Waals surface area contributed by atoms with Gasteiger partial charge in [0.2, 0.25) is 5.91 Å². The largest absolute Gasteiger partial charge is 0.341 e. The van der Waals surface area contributed by atoms with Crippen LogP contribution in [0, 0.1) is 10.6 Å². The van der Waals surface area contributed by atoms with E-state index in [1.54, 1.807) is 0 Å². The number of hydrogen-bond acceptors (Lipinski definition) is 2. The third kappa shape index (κ3) is 2.00. The van der Waals surface area contributed by atoms with E-state index in [1.807, 2.05) is 14.0 Å². The molecule has 1 aromatic heterocycles. The Morgan fingerprint density at radius 1 is 1.65 bits per heavy atom. The Morgan fingerprint density at radius 3 is 3.00 bits per heavy atom. The smallest absolute Gasteiger partial charge is 0.233 e. The zero-order chi connectivity index (χ0) is 12.6. The molecule has 1 aliphatic rings. The van der Waals surface area contributed by atoms with Gasteiger partial charge in [-0.2, -0.15) is 0 Å². The maximum atomic E-state index is 11.9. The number of halogens is 1. The van der Waals surface area contributed by atoms with E-state index in [9.17, 15) is 4.79 Å². The van der Waals surface area contributed by atoms with Crippen LogP contribution in [0.15, 0.2) is 5.11 Å². The predicted molar refractivity (Wildman–Crippen MR) is 72.8 cm³/mol. The van der Waals surface area contributed by atoms with Crippen molar-refractivity contribution >= 4 is 34.2 Å². The van der Waals surface area contributed by atoms with Crippen LogP contribution in [0.5, 0.6) is 0 Å². The van der Waals surface area contributed by atoms with E-state index in [-0.39, 0.29) is 5.91 Å². The van der Waals surface area contributed by atoms with Gasteiger partial charge >= 0.3 is 0 Å². The second-order valence-electron chi connectivity index (χ2n) is 4.05. The van der Waals surface area contributed by atoms with Crippen LogP contribution in [0.4, 0.5) is 5.69 Å². The van der Waals surface area contributed by atoms with Crippen LogP contribution in [0.2, 0.25) is 0 Å². The lowest BCUT2D eigenvalue weighted by Crippen LogP contribution is -2.24. The van der Waals surface area contributed by atoms with Gasteiger partial charge in [0.1, 0.15) is 6.04 Å². The molecule has 1 aromatic rings. The van der Waals surface area contributed by atoms with Gasteiger partial charge in [-0.15, -0.1) is 0 Å². The summed E-state index contributed by atoms with van der Waals surface area (Å²) in [5, 5.41) is 6.38.